The number of rotatable bonds is 6. The fourth-order valence-corrected chi connectivity index (χ4v) is 4.11. The first-order chi connectivity index (χ1) is 13.8. The third-order valence-corrected chi connectivity index (χ3v) is 6.01. The van der Waals surface area contributed by atoms with Gasteiger partial charge in [0.15, 0.2) is 0 Å². The molecule has 29 heavy (non-hydrogen) atoms. The minimum absolute atomic E-state index is 0.0724. The van der Waals surface area contributed by atoms with E-state index in [-0.39, 0.29) is 27.9 Å². The van der Waals surface area contributed by atoms with E-state index >= 15 is 0 Å². The molecular weight excluding hydrogens is 417 g/mol. The van der Waals surface area contributed by atoms with Crippen LogP contribution in [0.3, 0.4) is 0 Å². The summed E-state index contributed by atoms with van der Waals surface area (Å²) in [6, 6.07) is 16.4. The molecular formula is C21H17ClFNO4S. The van der Waals surface area contributed by atoms with Crippen molar-refractivity contribution >= 4 is 27.5 Å². The average molecular weight is 434 g/mol. The molecule has 0 saturated carbocycles. The quantitative estimate of drug-likeness (QED) is 0.621. The summed E-state index contributed by atoms with van der Waals surface area (Å²) in [6.45, 7) is 1.66. The van der Waals surface area contributed by atoms with Crippen LogP contribution in [0.1, 0.15) is 21.5 Å². The van der Waals surface area contributed by atoms with Crippen LogP contribution in [0.15, 0.2) is 71.6 Å². The van der Waals surface area contributed by atoms with Crippen LogP contribution in [-0.4, -0.2) is 14.3 Å². The number of carbonyl (C=O) groups is 1. The molecule has 3 rings (SSSR count). The van der Waals surface area contributed by atoms with Crippen molar-refractivity contribution in [2.24, 2.45) is 0 Å². The number of halogens is 2. The van der Waals surface area contributed by atoms with E-state index < -0.39 is 15.9 Å². The van der Waals surface area contributed by atoms with Gasteiger partial charge < -0.3 is 4.74 Å². The summed E-state index contributed by atoms with van der Waals surface area (Å²) in [5, 5.41) is 0.285. The zero-order chi connectivity index (χ0) is 21.0. The molecule has 3 aromatic rings. The molecule has 0 radical (unpaired) electrons. The number of carbonyl (C=O) groups excluding carboxylic acids is 1. The Kier molecular flexibility index (Phi) is 6.20. The standard InChI is InChI=1S/C21H17ClFNO4S/c1-14-19(22)9-4-10-20(14)29(26,27)24-21(25)16-6-3-8-18(12-16)28-13-15-5-2-7-17(23)11-15/h2-12H,13H2,1H3,(H,24,25). The maximum atomic E-state index is 13.2. The average Bonchev–Trinajstić information content (AvgIpc) is 2.68. The minimum Gasteiger partial charge on any atom is -0.489 e. The SMILES string of the molecule is Cc1c(Cl)cccc1S(=O)(=O)NC(=O)c1cccc(OCc2cccc(F)c2)c1. The Morgan fingerprint density at radius 3 is 2.55 bits per heavy atom. The molecule has 3 aromatic carbocycles. The molecule has 5 nitrogen and oxygen atoms in total. The van der Waals surface area contributed by atoms with Crippen molar-refractivity contribution in [3.63, 3.8) is 0 Å². The van der Waals surface area contributed by atoms with Gasteiger partial charge in [-0.2, -0.15) is 0 Å². The second kappa shape index (κ2) is 8.63. The van der Waals surface area contributed by atoms with Crippen molar-refractivity contribution in [1.29, 1.82) is 0 Å². The summed E-state index contributed by atoms with van der Waals surface area (Å²) < 4.78 is 46.0. The summed E-state index contributed by atoms with van der Waals surface area (Å²) in [6.07, 6.45) is 0. The molecule has 0 heterocycles. The minimum atomic E-state index is -4.10. The summed E-state index contributed by atoms with van der Waals surface area (Å²) in [7, 11) is -4.10. The molecule has 0 aliphatic rings. The van der Waals surface area contributed by atoms with Gasteiger partial charge in [0.1, 0.15) is 18.2 Å². The van der Waals surface area contributed by atoms with Gasteiger partial charge in [-0.25, -0.2) is 17.5 Å². The lowest BCUT2D eigenvalue weighted by atomic mass is 10.2. The van der Waals surface area contributed by atoms with Crippen LogP contribution in [-0.2, 0) is 16.6 Å². The smallest absolute Gasteiger partial charge is 0.265 e. The fraction of sp³-hybridized carbons (Fsp3) is 0.0952. The molecule has 1 amide bonds. The Morgan fingerprint density at radius 2 is 1.79 bits per heavy atom. The first kappa shape index (κ1) is 20.8. The number of hydrogen-bond donors (Lipinski definition) is 1. The molecule has 0 saturated heterocycles. The third kappa shape index (κ3) is 5.13. The summed E-state index contributed by atoms with van der Waals surface area (Å²) in [5.74, 6) is -0.834. The van der Waals surface area contributed by atoms with Gasteiger partial charge >= 0.3 is 0 Å². The molecule has 0 aliphatic heterocycles. The topological polar surface area (TPSA) is 72.5 Å². The van der Waals surface area contributed by atoms with Gasteiger partial charge in [0, 0.05) is 10.6 Å². The van der Waals surface area contributed by atoms with E-state index in [1.165, 1.54) is 36.4 Å². The first-order valence-electron chi connectivity index (χ1n) is 8.56. The number of sulfonamides is 1. The van der Waals surface area contributed by atoms with Crippen molar-refractivity contribution in [2.75, 3.05) is 0 Å². The predicted molar refractivity (Wildman–Crippen MR) is 108 cm³/mol. The van der Waals surface area contributed by atoms with Gasteiger partial charge in [0.2, 0.25) is 0 Å². The normalized spacial score (nSPS) is 11.1. The van der Waals surface area contributed by atoms with E-state index in [0.29, 0.717) is 16.9 Å². The highest BCUT2D eigenvalue weighted by molar-refractivity contribution is 7.90. The summed E-state index contributed by atoms with van der Waals surface area (Å²) in [5.41, 5.74) is 1.07. The highest BCUT2D eigenvalue weighted by Gasteiger charge is 2.22. The van der Waals surface area contributed by atoms with Gasteiger partial charge in [-0.3, -0.25) is 4.79 Å². The van der Waals surface area contributed by atoms with Crippen LogP contribution in [0, 0.1) is 12.7 Å². The third-order valence-electron chi connectivity index (χ3n) is 4.13. The maximum Gasteiger partial charge on any atom is 0.265 e. The highest BCUT2D eigenvalue weighted by Crippen LogP contribution is 2.23. The largest absolute Gasteiger partial charge is 0.489 e. The summed E-state index contributed by atoms with van der Waals surface area (Å²) in [4.78, 5) is 12.4. The Labute approximate surface area is 173 Å². The van der Waals surface area contributed by atoms with Crippen molar-refractivity contribution in [3.8, 4) is 5.75 Å². The summed E-state index contributed by atoms with van der Waals surface area (Å²) >= 11 is 5.97. The molecule has 1 N–H and O–H groups in total. The van der Waals surface area contributed by atoms with Crippen LogP contribution < -0.4 is 9.46 Å². The van der Waals surface area contributed by atoms with E-state index in [9.17, 15) is 17.6 Å². The number of nitrogens with one attached hydrogen (secondary N) is 1. The van der Waals surface area contributed by atoms with Gasteiger partial charge in [0.05, 0.1) is 4.90 Å². The van der Waals surface area contributed by atoms with Crippen LogP contribution >= 0.6 is 11.6 Å². The number of benzene rings is 3. The van der Waals surface area contributed by atoms with Crippen LogP contribution in [0.5, 0.6) is 5.75 Å². The number of ether oxygens (including phenoxy) is 1. The van der Waals surface area contributed by atoms with E-state index in [1.807, 2.05) is 4.72 Å². The molecule has 0 bridgehead atoms. The highest BCUT2D eigenvalue weighted by atomic mass is 35.5. The molecule has 150 valence electrons. The van der Waals surface area contributed by atoms with Crippen molar-refractivity contribution in [1.82, 2.24) is 4.72 Å². The van der Waals surface area contributed by atoms with E-state index in [1.54, 1.807) is 37.3 Å². The predicted octanol–water partition coefficient (Wildman–Crippen LogP) is 4.49. The Balaban J connectivity index is 1.74. The lowest BCUT2D eigenvalue weighted by Crippen LogP contribution is -2.31. The number of amides is 1. The lowest BCUT2D eigenvalue weighted by Gasteiger charge is -2.11. The van der Waals surface area contributed by atoms with Crippen molar-refractivity contribution in [3.05, 3.63) is 94.3 Å². The van der Waals surface area contributed by atoms with E-state index in [2.05, 4.69) is 0 Å². The van der Waals surface area contributed by atoms with Gasteiger partial charge in [-0.1, -0.05) is 35.9 Å². The van der Waals surface area contributed by atoms with E-state index in [4.69, 9.17) is 16.3 Å². The van der Waals surface area contributed by atoms with Crippen LogP contribution in [0.2, 0.25) is 5.02 Å². The van der Waals surface area contributed by atoms with Gasteiger partial charge in [-0.05, 0) is 60.5 Å². The number of hydrogen-bond acceptors (Lipinski definition) is 4. The first-order valence-corrected chi connectivity index (χ1v) is 10.4. The molecule has 0 unspecified atom stereocenters. The monoisotopic (exact) mass is 433 g/mol. The van der Waals surface area contributed by atoms with Crippen LogP contribution in [0.4, 0.5) is 4.39 Å². The molecule has 0 aliphatic carbocycles. The maximum absolute atomic E-state index is 13.2. The molecule has 0 fully saturated rings. The molecule has 0 aromatic heterocycles. The van der Waals surface area contributed by atoms with Gasteiger partial charge in [0.25, 0.3) is 15.9 Å². The Hall–Kier alpha value is -2.90. The van der Waals surface area contributed by atoms with E-state index in [0.717, 1.165) is 0 Å². The molecule has 8 heteroatoms. The zero-order valence-corrected chi connectivity index (χ0v) is 16.9. The second-order valence-corrected chi connectivity index (χ2v) is 8.30. The second-order valence-electron chi connectivity index (χ2n) is 6.24. The Morgan fingerprint density at radius 1 is 1.07 bits per heavy atom. The molecule has 0 atom stereocenters. The lowest BCUT2D eigenvalue weighted by molar-refractivity contribution is 0.0981. The van der Waals surface area contributed by atoms with Crippen LogP contribution in [0.25, 0.3) is 0 Å². The zero-order valence-electron chi connectivity index (χ0n) is 15.4. The fourth-order valence-electron chi connectivity index (χ4n) is 2.64. The van der Waals surface area contributed by atoms with Crippen molar-refractivity contribution < 1.29 is 22.3 Å². The van der Waals surface area contributed by atoms with Crippen molar-refractivity contribution in [2.45, 2.75) is 18.4 Å². The van der Waals surface area contributed by atoms with Gasteiger partial charge in [-0.15, -0.1) is 0 Å². The molecule has 0 spiro atoms. The Bertz CT molecular complexity index is 1160.